The lowest BCUT2D eigenvalue weighted by atomic mass is 9.78. The predicted octanol–water partition coefficient (Wildman–Crippen LogP) is 1.99. The van der Waals surface area contributed by atoms with E-state index < -0.39 is 17.4 Å². The standard InChI is InChI=1S/C19H24N2O4S/c1-3-19(17(24)25,13-7-5-4-6-8-13)12-20-16(23)14-11-26-18(2)10-9-15(22)21(14)18/h4-8,14H,3,9-12H2,1-2H3,(H,20,23)(H,24,25). The van der Waals surface area contributed by atoms with Gasteiger partial charge in [0, 0.05) is 18.7 Å². The van der Waals surface area contributed by atoms with E-state index in [1.54, 1.807) is 47.9 Å². The third-order valence-corrected chi connectivity index (χ3v) is 7.16. The monoisotopic (exact) mass is 376 g/mol. The predicted molar refractivity (Wildman–Crippen MR) is 99.8 cm³/mol. The average molecular weight is 376 g/mol. The van der Waals surface area contributed by atoms with Crippen LogP contribution in [0.1, 0.15) is 38.7 Å². The van der Waals surface area contributed by atoms with Crippen LogP contribution in [-0.2, 0) is 19.8 Å². The molecule has 6 nitrogen and oxygen atoms in total. The molecule has 2 saturated heterocycles. The van der Waals surface area contributed by atoms with Gasteiger partial charge in [0.25, 0.3) is 0 Å². The third-order valence-electron chi connectivity index (χ3n) is 5.65. The summed E-state index contributed by atoms with van der Waals surface area (Å²) in [6.07, 6.45) is 1.57. The van der Waals surface area contributed by atoms with Gasteiger partial charge in [0.15, 0.2) is 0 Å². The highest BCUT2D eigenvalue weighted by Crippen LogP contribution is 2.47. The van der Waals surface area contributed by atoms with Gasteiger partial charge in [-0.3, -0.25) is 14.4 Å². The fourth-order valence-electron chi connectivity index (χ4n) is 3.91. The summed E-state index contributed by atoms with van der Waals surface area (Å²) in [7, 11) is 0. The van der Waals surface area contributed by atoms with Gasteiger partial charge in [-0.25, -0.2) is 0 Å². The molecule has 26 heavy (non-hydrogen) atoms. The lowest BCUT2D eigenvalue weighted by molar-refractivity contribution is -0.144. The summed E-state index contributed by atoms with van der Waals surface area (Å²) in [6.45, 7) is 3.80. The zero-order valence-electron chi connectivity index (χ0n) is 15.0. The zero-order chi connectivity index (χ0) is 18.9. The summed E-state index contributed by atoms with van der Waals surface area (Å²) in [4.78, 5) is 38.4. The number of thioether (sulfide) groups is 1. The van der Waals surface area contributed by atoms with Crippen molar-refractivity contribution in [3.05, 3.63) is 35.9 Å². The number of carboxylic acids is 1. The van der Waals surface area contributed by atoms with E-state index in [9.17, 15) is 19.5 Å². The van der Waals surface area contributed by atoms with Gasteiger partial charge in [-0.05, 0) is 25.3 Å². The highest BCUT2D eigenvalue weighted by molar-refractivity contribution is 8.01. The third kappa shape index (κ3) is 2.98. The summed E-state index contributed by atoms with van der Waals surface area (Å²) in [5.41, 5.74) is -0.515. The molecule has 0 aromatic heterocycles. The SMILES string of the molecule is CCC(CNC(=O)C1CSC2(C)CCC(=O)N12)(C(=O)O)c1ccccc1. The highest BCUT2D eigenvalue weighted by atomic mass is 32.2. The molecule has 2 aliphatic rings. The van der Waals surface area contributed by atoms with Crippen molar-refractivity contribution < 1.29 is 19.5 Å². The number of rotatable bonds is 6. The minimum atomic E-state index is -1.18. The minimum Gasteiger partial charge on any atom is -0.481 e. The van der Waals surface area contributed by atoms with Crippen molar-refractivity contribution in [2.75, 3.05) is 12.3 Å². The van der Waals surface area contributed by atoms with Crippen molar-refractivity contribution in [3.63, 3.8) is 0 Å². The normalized spacial score (nSPS) is 27.1. The summed E-state index contributed by atoms with van der Waals surface area (Å²) in [5.74, 6) is -0.687. The number of amides is 2. The number of hydrogen-bond acceptors (Lipinski definition) is 4. The number of carbonyl (C=O) groups excluding carboxylic acids is 2. The highest BCUT2D eigenvalue weighted by Gasteiger charge is 2.53. The van der Waals surface area contributed by atoms with Crippen LogP contribution in [0.25, 0.3) is 0 Å². The fourth-order valence-corrected chi connectivity index (χ4v) is 5.34. The van der Waals surface area contributed by atoms with Crippen molar-refractivity contribution in [1.29, 1.82) is 0 Å². The second-order valence-electron chi connectivity index (χ2n) is 7.09. The maximum atomic E-state index is 12.8. The maximum Gasteiger partial charge on any atom is 0.315 e. The maximum absolute atomic E-state index is 12.8. The Bertz CT molecular complexity index is 726. The molecule has 140 valence electrons. The summed E-state index contributed by atoms with van der Waals surface area (Å²) in [5, 5.41) is 12.7. The van der Waals surface area contributed by atoms with E-state index in [4.69, 9.17) is 0 Å². The first kappa shape index (κ1) is 18.8. The van der Waals surface area contributed by atoms with E-state index in [0.717, 1.165) is 6.42 Å². The molecule has 3 unspecified atom stereocenters. The molecule has 7 heteroatoms. The molecule has 0 bridgehead atoms. The van der Waals surface area contributed by atoms with Crippen LogP contribution in [0.3, 0.4) is 0 Å². The van der Waals surface area contributed by atoms with E-state index in [1.807, 2.05) is 13.0 Å². The molecule has 0 radical (unpaired) electrons. The number of benzene rings is 1. The number of nitrogens with zero attached hydrogens (tertiary/aromatic N) is 1. The van der Waals surface area contributed by atoms with Gasteiger partial charge in [0.05, 0.1) is 4.87 Å². The van der Waals surface area contributed by atoms with Crippen molar-refractivity contribution in [3.8, 4) is 0 Å². The molecule has 3 rings (SSSR count). The van der Waals surface area contributed by atoms with Gasteiger partial charge >= 0.3 is 5.97 Å². The van der Waals surface area contributed by atoms with Crippen LogP contribution in [-0.4, -0.2) is 51.0 Å². The number of carboxylic acid groups (broad SMARTS) is 1. The number of aliphatic carboxylic acids is 1. The Morgan fingerprint density at radius 3 is 2.69 bits per heavy atom. The molecule has 2 fully saturated rings. The van der Waals surface area contributed by atoms with E-state index in [-0.39, 0.29) is 23.2 Å². The van der Waals surface area contributed by atoms with Crippen LogP contribution in [0.5, 0.6) is 0 Å². The molecule has 0 spiro atoms. The first-order valence-electron chi connectivity index (χ1n) is 8.87. The first-order chi connectivity index (χ1) is 12.3. The Balaban J connectivity index is 1.77. The number of nitrogens with one attached hydrogen (secondary N) is 1. The fraction of sp³-hybridized carbons (Fsp3) is 0.526. The summed E-state index contributed by atoms with van der Waals surface area (Å²) >= 11 is 1.63. The Hall–Kier alpha value is -2.02. The van der Waals surface area contributed by atoms with Crippen LogP contribution < -0.4 is 5.32 Å². The Morgan fingerprint density at radius 1 is 1.38 bits per heavy atom. The number of fused-ring (bicyclic) bond motifs is 1. The summed E-state index contributed by atoms with van der Waals surface area (Å²) in [6, 6.07) is 8.45. The molecular weight excluding hydrogens is 352 g/mol. The van der Waals surface area contributed by atoms with Gasteiger partial charge in [-0.2, -0.15) is 0 Å². The molecule has 1 aromatic rings. The second-order valence-corrected chi connectivity index (χ2v) is 8.59. The van der Waals surface area contributed by atoms with Crippen LogP contribution in [0.4, 0.5) is 0 Å². The number of hydrogen-bond donors (Lipinski definition) is 2. The molecule has 0 saturated carbocycles. The van der Waals surface area contributed by atoms with E-state index in [1.165, 1.54) is 0 Å². The largest absolute Gasteiger partial charge is 0.481 e. The van der Waals surface area contributed by atoms with Crippen molar-refractivity contribution in [2.24, 2.45) is 0 Å². The Morgan fingerprint density at radius 2 is 2.08 bits per heavy atom. The van der Waals surface area contributed by atoms with Crippen LogP contribution in [0.15, 0.2) is 30.3 Å². The Labute approximate surface area is 157 Å². The van der Waals surface area contributed by atoms with Crippen molar-refractivity contribution in [2.45, 2.75) is 49.4 Å². The van der Waals surface area contributed by atoms with Crippen molar-refractivity contribution >= 4 is 29.5 Å². The molecule has 2 heterocycles. The first-order valence-corrected chi connectivity index (χ1v) is 9.85. The van der Waals surface area contributed by atoms with E-state index >= 15 is 0 Å². The van der Waals surface area contributed by atoms with Gasteiger partial charge in [-0.1, -0.05) is 37.3 Å². The van der Waals surface area contributed by atoms with Gasteiger partial charge in [0.1, 0.15) is 11.5 Å². The van der Waals surface area contributed by atoms with Crippen LogP contribution in [0.2, 0.25) is 0 Å². The van der Waals surface area contributed by atoms with Gasteiger partial charge < -0.3 is 15.3 Å². The quantitative estimate of drug-likeness (QED) is 0.793. The molecule has 1 aromatic carbocycles. The molecule has 2 N–H and O–H groups in total. The van der Waals surface area contributed by atoms with Crippen molar-refractivity contribution in [1.82, 2.24) is 10.2 Å². The topological polar surface area (TPSA) is 86.7 Å². The van der Waals surface area contributed by atoms with E-state index in [0.29, 0.717) is 24.2 Å². The van der Waals surface area contributed by atoms with Gasteiger partial charge in [0.2, 0.25) is 11.8 Å². The van der Waals surface area contributed by atoms with Crippen LogP contribution in [0, 0.1) is 0 Å². The molecule has 3 atom stereocenters. The lowest BCUT2D eigenvalue weighted by Crippen LogP contribution is -2.53. The molecule has 2 amide bonds. The molecule has 0 aliphatic carbocycles. The number of carbonyl (C=O) groups is 3. The van der Waals surface area contributed by atoms with Crippen LogP contribution >= 0.6 is 11.8 Å². The molecular formula is C19H24N2O4S. The minimum absolute atomic E-state index is 0.000647. The summed E-state index contributed by atoms with van der Waals surface area (Å²) < 4.78 is 0. The average Bonchev–Trinajstić information content (AvgIpc) is 3.12. The smallest absolute Gasteiger partial charge is 0.315 e. The lowest BCUT2D eigenvalue weighted by Gasteiger charge is -2.32. The van der Waals surface area contributed by atoms with E-state index in [2.05, 4.69) is 5.32 Å². The van der Waals surface area contributed by atoms with Gasteiger partial charge in [-0.15, -0.1) is 11.8 Å². The zero-order valence-corrected chi connectivity index (χ0v) is 15.8. The second kappa shape index (κ2) is 6.95. The Kier molecular flexibility index (Phi) is 5.01. The molecule has 2 aliphatic heterocycles.